The minimum Gasteiger partial charge on any atom is -0.497 e. The number of carbonyl (C=O) groups excluding carboxylic acids is 1. The second kappa shape index (κ2) is 7.46. The highest BCUT2D eigenvalue weighted by Crippen LogP contribution is 2.37. The Kier molecular flexibility index (Phi) is 4.89. The molecule has 1 amide bonds. The van der Waals surface area contributed by atoms with E-state index in [9.17, 15) is 4.79 Å². The zero-order chi connectivity index (χ0) is 17.9. The number of carbonyl (C=O) groups is 1. The number of likely N-dealkylation sites (tertiary alicyclic amines) is 1. The highest BCUT2D eigenvalue weighted by molar-refractivity contribution is 5.80. The van der Waals surface area contributed by atoms with Gasteiger partial charge in [-0.3, -0.25) is 9.78 Å². The van der Waals surface area contributed by atoms with E-state index in [1.165, 1.54) is 5.56 Å². The number of methoxy groups -OCH3 is 1. The fourth-order valence-electron chi connectivity index (χ4n) is 4.06. The minimum atomic E-state index is -0.170. The van der Waals surface area contributed by atoms with Gasteiger partial charge in [-0.2, -0.15) is 0 Å². The first-order valence-corrected chi connectivity index (χ1v) is 9.20. The van der Waals surface area contributed by atoms with E-state index < -0.39 is 0 Å². The van der Waals surface area contributed by atoms with Crippen LogP contribution in [0.1, 0.15) is 36.0 Å². The van der Waals surface area contributed by atoms with Gasteiger partial charge >= 0.3 is 0 Å². The molecule has 5 nitrogen and oxygen atoms in total. The van der Waals surface area contributed by atoms with Crippen molar-refractivity contribution in [2.45, 2.75) is 24.9 Å². The number of benzene rings is 1. The van der Waals surface area contributed by atoms with Crippen molar-refractivity contribution in [3.05, 3.63) is 59.9 Å². The molecule has 0 saturated carbocycles. The zero-order valence-corrected chi connectivity index (χ0v) is 15.0. The smallest absolute Gasteiger partial charge is 0.228 e. The maximum absolute atomic E-state index is 13.1. The second-order valence-corrected chi connectivity index (χ2v) is 7.02. The summed E-state index contributed by atoms with van der Waals surface area (Å²) in [6.07, 6.45) is 5.16. The van der Waals surface area contributed by atoms with E-state index in [2.05, 4.69) is 17.1 Å². The molecule has 0 spiro atoms. The van der Waals surface area contributed by atoms with Crippen LogP contribution in [0.25, 0.3) is 0 Å². The molecule has 3 heterocycles. The molecular formula is C21H24N2O3. The molecule has 4 rings (SSSR count). The van der Waals surface area contributed by atoms with Gasteiger partial charge in [0.05, 0.1) is 19.1 Å². The highest BCUT2D eigenvalue weighted by Gasteiger charge is 2.39. The van der Waals surface area contributed by atoms with E-state index in [-0.39, 0.29) is 17.9 Å². The van der Waals surface area contributed by atoms with Crippen LogP contribution in [0.5, 0.6) is 5.75 Å². The molecule has 2 fully saturated rings. The number of amides is 1. The van der Waals surface area contributed by atoms with Crippen molar-refractivity contribution in [1.29, 1.82) is 0 Å². The largest absolute Gasteiger partial charge is 0.497 e. The first kappa shape index (κ1) is 17.0. The molecule has 0 radical (unpaired) electrons. The van der Waals surface area contributed by atoms with Gasteiger partial charge in [-0.05, 0) is 42.2 Å². The number of hydrogen-bond acceptors (Lipinski definition) is 4. The fraction of sp³-hybridized carbons (Fsp3) is 0.429. The summed E-state index contributed by atoms with van der Waals surface area (Å²) in [5.41, 5.74) is 2.27. The van der Waals surface area contributed by atoms with Gasteiger partial charge in [0.1, 0.15) is 5.75 Å². The summed E-state index contributed by atoms with van der Waals surface area (Å²) in [7, 11) is 1.67. The van der Waals surface area contributed by atoms with Gasteiger partial charge in [0, 0.05) is 38.0 Å². The topological polar surface area (TPSA) is 51.7 Å². The monoisotopic (exact) mass is 352 g/mol. The Morgan fingerprint density at radius 1 is 1.19 bits per heavy atom. The quantitative estimate of drug-likeness (QED) is 0.848. The van der Waals surface area contributed by atoms with Gasteiger partial charge in [0.2, 0.25) is 5.91 Å². The predicted molar refractivity (Wildman–Crippen MR) is 98.0 cm³/mol. The zero-order valence-electron chi connectivity index (χ0n) is 15.0. The van der Waals surface area contributed by atoms with Gasteiger partial charge in [0.25, 0.3) is 0 Å². The molecule has 0 aliphatic carbocycles. The molecular weight excluding hydrogens is 328 g/mol. The maximum Gasteiger partial charge on any atom is 0.228 e. The third-order valence-electron chi connectivity index (χ3n) is 5.51. The van der Waals surface area contributed by atoms with Gasteiger partial charge < -0.3 is 14.4 Å². The maximum atomic E-state index is 13.1. The van der Waals surface area contributed by atoms with E-state index in [1.807, 2.05) is 29.2 Å². The lowest BCUT2D eigenvalue weighted by Crippen LogP contribution is -2.35. The normalized spacial score (nSPS) is 25.4. The number of pyridine rings is 1. The molecule has 5 heteroatoms. The van der Waals surface area contributed by atoms with Crippen LogP contribution in [0.4, 0.5) is 0 Å². The highest BCUT2D eigenvalue weighted by atomic mass is 16.5. The van der Waals surface area contributed by atoms with Gasteiger partial charge in [-0.1, -0.05) is 18.2 Å². The fourth-order valence-corrected chi connectivity index (χ4v) is 4.06. The third-order valence-corrected chi connectivity index (χ3v) is 5.51. The van der Waals surface area contributed by atoms with E-state index in [1.54, 1.807) is 19.5 Å². The van der Waals surface area contributed by atoms with Gasteiger partial charge in [-0.15, -0.1) is 0 Å². The first-order chi connectivity index (χ1) is 12.8. The average Bonchev–Trinajstić information content (AvgIpc) is 3.38. The standard InChI is InChI=1S/C21H24N2O3/c1-25-18-6-4-15(5-7-18)17-8-11-23(14-17)21(24)19-9-12-26-20(19)16-3-2-10-22-13-16/h2-7,10,13,17,19-20H,8-9,11-12,14H2,1H3/t17?,19-,20+/m0/s1. The summed E-state index contributed by atoms with van der Waals surface area (Å²) in [6, 6.07) is 12.1. The van der Waals surface area contributed by atoms with Crippen LogP contribution >= 0.6 is 0 Å². The number of nitrogens with zero attached hydrogens (tertiary/aromatic N) is 2. The molecule has 2 aromatic rings. The molecule has 2 aliphatic rings. The van der Waals surface area contributed by atoms with Crippen molar-refractivity contribution < 1.29 is 14.3 Å². The lowest BCUT2D eigenvalue weighted by molar-refractivity contribution is -0.136. The molecule has 0 bridgehead atoms. The summed E-state index contributed by atoms with van der Waals surface area (Å²) in [6.45, 7) is 2.22. The Hall–Kier alpha value is -2.40. The van der Waals surface area contributed by atoms with Crippen molar-refractivity contribution in [3.63, 3.8) is 0 Å². The van der Waals surface area contributed by atoms with Crippen molar-refractivity contribution in [1.82, 2.24) is 9.88 Å². The SMILES string of the molecule is COc1ccc(C2CCN(C(=O)[C@H]3CCO[C@@H]3c3cccnc3)C2)cc1. The predicted octanol–water partition coefficient (Wildman–Crippen LogP) is 3.18. The van der Waals surface area contributed by atoms with E-state index in [0.29, 0.717) is 12.5 Å². The van der Waals surface area contributed by atoms with Crippen LogP contribution in [-0.4, -0.2) is 42.6 Å². The molecule has 3 atom stereocenters. The Morgan fingerprint density at radius 2 is 2.04 bits per heavy atom. The summed E-state index contributed by atoms with van der Waals surface area (Å²) >= 11 is 0. The number of rotatable bonds is 4. The van der Waals surface area contributed by atoms with E-state index in [0.717, 1.165) is 37.2 Å². The number of hydrogen-bond donors (Lipinski definition) is 0. The molecule has 136 valence electrons. The first-order valence-electron chi connectivity index (χ1n) is 9.20. The van der Waals surface area contributed by atoms with Crippen LogP contribution in [0.15, 0.2) is 48.8 Å². The molecule has 1 aromatic heterocycles. The Balaban J connectivity index is 1.43. The van der Waals surface area contributed by atoms with Crippen LogP contribution in [-0.2, 0) is 9.53 Å². The Labute approximate surface area is 153 Å². The molecule has 1 unspecified atom stereocenters. The Bertz CT molecular complexity index is 748. The van der Waals surface area contributed by atoms with Crippen LogP contribution in [0.3, 0.4) is 0 Å². The Morgan fingerprint density at radius 3 is 2.77 bits per heavy atom. The number of aromatic nitrogens is 1. The van der Waals surface area contributed by atoms with E-state index >= 15 is 0 Å². The average molecular weight is 352 g/mol. The third kappa shape index (κ3) is 3.31. The summed E-state index contributed by atoms with van der Waals surface area (Å²) in [5, 5.41) is 0. The van der Waals surface area contributed by atoms with Gasteiger partial charge in [-0.25, -0.2) is 0 Å². The molecule has 2 aliphatic heterocycles. The molecule has 1 aromatic carbocycles. The second-order valence-electron chi connectivity index (χ2n) is 7.02. The minimum absolute atomic E-state index is 0.103. The van der Waals surface area contributed by atoms with Crippen LogP contribution in [0, 0.1) is 5.92 Å². The lowest BCUT2D eigenvalue weighted by Gasteiger charge is -2.24. The van der Waals surface area contributed by atoms with Crippen molar-refractivity contribution in [2.24, 2.45) is 5.92 Å². The molecule has 26 heavy (non-hydrogen) atoms. The summed E-state index contributed by atoms with van der Waals surface area (Å²) < 4.78 is 11.1. The van der Waals surface area contributed by atoms with Gasteiger partial charge in [0.15, 0.2) is 0 Å². The van der Waals surface area contributed by atoms with Crippen molar-refractivity contribution in [2.75, 3.05) is 26.8 Å². The van der Waals surface area contributed by atoms with E-state index in [4.69, 9.17) is 9.47 Å². The summed E-state index contributed by atoms with van der Waals surface area (Å²) in [5.74, 6) is 1.37. The number of ether oxygens (including phenoxy) is 2. The van der Waals surface area contributed by atoms with Crippen LogP contribution < -0.4 is 4.74 Å². The van der Waals surface area contributed by atoms with Crippen molar-refractivity contribution >= 4 is 5.91 Å². The lowest BCUT2D eigenvalue weighted by atomic mass is 9.95. The summed E-state index contributed by atoms with van der Waals surface area (Å²) in [4.78, 5) is 19.3. The molecule has 0 N–H and O–H groups in total. The van der Waals surface area contributed by atoms with Crippen LogP contribution in [0.2, 0.25) is 0 Å². The van der Waals surface area contributed by atoms with Crippen molar-refractivity contribution in [3.8, 4) is 5.75 Å². The molecule has 2 saturated heterocycles.